The zero-order valence-corrected chi connectivity index (χ0v) is 10.1. The molecule has 0 aromatic heterocycles. The predicted molar refractivity (Wildman–Crippen MR) is 66.8 cm³/mol. The third-order valence-electron chi connectivity index (χ3n) is 3.18. The molecule has 1 aromatic rings. The molecule has 1 aromatic carbocycles. The van der Waals surface area contributed by atoms with Crippen molar-refractivity contribution in [3.63, 3.8) is 0 Å². The number of rotatable bonds is 2. The molecule has 88 valence electrons. The number of nitrogens with one attached hydrogen (secondary N) is 1. The van der Waals surface area contributed by atoms with Gasteiger partial charge >= 0.3 is 0 Å². The van der Waals surface area contributed by atoms with Crippen molar-refractivity contribution < 1.29 is 5.11 Å². The molecule has 1 unspecified atom stereocenters. The van der Waals surface area contributed by atoms with Crippen LogP contribution in [-0.2, 0) is 6.42 Å². The molecule has 0 bridgehead atoms. The molecule has 3 heteroatoms. The van der Waals surface area contributed by atoms with Crippen molar-refractivity contribution >= 4 is 11.6 Å². The Labute approximate surface area is 102 Å². The lowest BCUT2D eigenvalue weighted by molar-refractivity contribution is 0.0367. The van der Waals surface area contributed by atoms with Crippen LogP contribution in [0.25, 0.3) is 0 Å². The Balaban J connectivity index is 2.10. The minimum absolute atomic E-state index is 0.637. The van der Waals surface area contributed by atoms with E-state index in [1.54, 1.807) is 0 Å². The normalized spacial score (nSPS) is 26.4. The molecule has 0 saturated carbocycles. The fourth-order valence-corrected chi connectivity index (χ4v) is 2.46. The Morgan fingerprint density at radius 1 is 1.31 bits per heavy atom. The molecule has 2 nitrogen and oxygen atoms in total. The first-order valence-corrected chi connectivity index (χ1v) is 6.24. The van der Waals surface area contributed by atoms with Crippen LogP contribution < -0.4 is 5.32 Å². The van der Waals surface area contributed by atoms with Gasteiger partial charge in [-0.15, -0.1) is 0 Å². The van der Waals surface area contributed by atoms with Crippen LogP contribution in [0.1, 0.15) is 24.8 Å². The summed E-state index contributed by atoms with van der Waals surface area (Å²) >= 11 is 6.11. The van der Waals surface area contributed by atoms with Crippen LogP contribution in [-0.4, -0.2) is 23.8 Å². The predicted octanol–water partition coefficient (Wildman–Crippen LogP) is 2.39. The third kappa shape index (κ3) is 2.97. The number of hydrogen-bond acceptors (Lipinski definition) is 2. The Morgan fingerprint density at radius 3 is 2.94 bits per heavy atom. The zero-order valence-electron chi connectivity index (χ0n) is 9.38. The first-order valence-electron chi connectivity index (χ1n) is 5.86. The van der Waals surface area contributed by atoms with Gasteiger partial charge in [-0.25, -0.2) is 0 Å². The average molecular weight is 240 g/mol. The number of hydrogen-bond donors (Lipinski definition) is 2. The molecule has 2 rings (SSSR count). The Kier molecular flexibility index (Phi) is 3.85. The fourth-order valence-electron chi connectivity index (χ4n) is 2.26. The van der Waals surface area contributed by atoms with Gasteiger partial charge in [-0.3, -0.25) is 0 Å². The summed E-state index contributed by atoms with van der Waals surface area (Å²) in [5, 5.41) is 14.5. The molecule has 16 heavy (non-hydrogen) atoms. The zero-order chi connectivity index (χ0) is 11.4. The average Bonchev–Trinajstić information content (AvgIpc) is 2.47. The Hall–Kier alpha value is -0.570. The van der Waals surface area contributed by atoms with Crippen molar-refractivity contribution in [1.82, 2.24) is 5.32 Å². The lowest BCUT2D eigenvalue weighted by Crippen LogP contribution is -2.41. The molecular formula is C13H18ClNO. The first-order chi connectivity index (χ1) is 7.70. The van der Waals surface area contributed by atoms with Gasteiger partial charge < -0.3 is 10.4 Å². The van der Waals surface area contributed by atoms with E-state index in [9.17, 15) is 5.11 Å². The van der Waals surface area contributed by atoms with Gasteiger partial charge in [0.1, 0.15) is 0 Å². The van der Waals surface area contributed by atoms with Crippen LogP contribution in [0.2, 0.25) is 5.02 Å². The van der Waals surface area contributed by atoms with E-state index < -0.39 is 5.60 Å². The molecule has 0 spiro atoms. The highest BCUT2D eigenvalue weighted by Gasteiger charge is 2.28. The quantitative estimate of drug-likeness (QED) is 0.831. The van der Waals surface area contributed by atoms with Crippen LogP contribution in [0.5, 0.6) is 0 Å². The monoisotopic (exact) mass is 239 g/mol. The topological polar surface area (TPSA) is 32.3 Å². The third-order valence-corrected chi connectivity index (χ3v) is 3.55. The molecule has 1 fully saturated rings. The summed E-state index contributed by atoms with van der Waals surface area (Å²) in [5.74, 6) is 0. The van der Waals surface area contributed by atoms with Crippen molar-refractivity contribution in [2.75, 3.05) is 13.1 Å². The van der Waals surface area contributed by atoms with Gasteiger partial charge in [0, 0.05) is 18.0 Å². The summed E-state index contributed by atoms with van der Waals surface area (Å²) < 4.78 is 0. The highest BCUT2D eigenvalue weighted by atomic mass is 35.5. The maximum absolute atomic E-state index is 10.5. The number of β-amino-alcohol motifs (C(OH)–C–C–N with tert-alkyl or cyclic N) is 1. The largest absolute Gasteiger partial charge is 0.388 e. The van der Waals surface area contributed by atoms with E-state index in [0.29, 0.717) is 13.0 Å². The van der Waals surface area contributed by atoms with Crippen molar-refractivity contribution in [2.45, 2.75) is 31.3 Å². The minimum atomic E-state index is -0.637. The molecule has 1 aliphatic rings. The smallest absolute Gasteiger partial charge is 0.0812 e. The van der Waals surface area contributed by atoms with Crippen LogP contribution >= 0.6 is 11.6 Å². The van der Waals surface area contributed by atoms with Gasteiger partial charge in [-0.05, 0) is 37.4 Å². The molecule has 1 aliphatic heterocycles. The van der Waals surface area contributed by atoms with Crippen molar-refractivity contribution in [2.24, 2.45) is 0 Å². The van der Waals surface area contributed by atoms with Crippen molar-refractivity contribution in [1.29, 1.82) is 0 Å². The molecular weight excluding hydrogens is 222 g/mol. The van der Waals surface area contributed by atoms with Crippen molar-refractivity contribution in [3.05, 3.63) is 34.9 Å². The SMILES string of the molecule is OC1(Cc2ccccc2Cl)CCCCNC1. The number of halogens is 1. The van der Waals surface area contributed by atoms with E-state index in [4.69, 9.17) is 11.6 Å². The summed E-state index contributed by atoms with van der Waals surface area (Å²) in [5.41, 5.74) is 0.400. The van der Waals surface area contributed by atoms with Crippen LogP contribution in [0.3, 0.4) is 0 Å². The second-order valence-electron chi connectivity index (χ2n) is 4.63. The second-order valence-corrected chi connectivity index (χ2v) is 5.03. The maximum atomic E-state index is 10.5. The Bertz CT molecular complexity index is 346. The first kappa shape index (κ1) is 11.9. The fraction of sp³-hybridized carbons (Fsp3) is 0.538. The summed E-state index contributed by atoms with van der Waals surface area (Å²) in [4.78, 5) is 0. The molecule has 0 radical (unpaired) electrons. The minimum Gasteiger partial charge on any atom is -0.388 e. The molecule has 0 aliphatic carbocycles. The summed E-state index contributed by atoms with van der Waals surface area (Å²) in [6.07, 6.45) is 3.71. The molecule has 0 amide bonds. The number of aliphatic hydroxyl groups is 1. The molecule has 1 saturated heterocycles. The van der Waals surface area contributed by atoms with Gasteiger partial charge in [-0.2, -0.15) is 0 Å². The Morgan fingerprint density at radius 2 is 2.12 bits per heavy atom. The number of benzene rings is 1. The highest BCUT2D eigenvalue weighted by Crippen LogP contribution is 2.25. The lowest BCUT2D eigenvalue weighted by atomic mass is 9.90. The van der Waals surface area contributed by atoms with Gasteiger partial charge in [0.2, 0.25) is 0 Å². The molecule has 1 heterocycles. The van der Waals surface area contributed by atoms with E-state index in [-0.39, 0.29) is 0 Å². The van der Waals surface area contributed by atoms with Gasteiger partial charge in [0.25, 0.3) is 0 Å². The van der Waals surface area contributed by atoms with Crippen LogP contribution in [0, 0.1) is 0 Å². The highest BCUT2D eigenvalue weighted by molar-refractivity contribution is 6.31. The van der Waals surface area contributed by atoms with E-state index >= 15 is 0 Å². The van der Waals surface area contributed by atoms with Crippen molar-refractivity contribution in [3.8, 4) is 0 Å². The van der Waals surface area contributed by atoms with E-state index in [2.05, 4.69) is 5.32 Å². The standard InChI is InChI=1S/C13H18ClNO/c14-12-6-2-1-5-11(12)9-13(16)7-3-4-8-15-10-13/h1-2,5-6,15-16H,3-4,7-10H2. The van der Waals surface area contributed by atoms with Gasteiger partial charge in [0.15, 0.2) is 0 Å². The second kappa shape index (κ2) is 5.17. The summed E-state index contributed by atoms with van der Waals surface area (Å²) in [7, 11) is 0. The van der Waals surface area contributed by atoms with E-state index in [0.717, 1.165) is 36.4 Å². The maximum Gasteiger partial charge on any atom is 0.0812 e. The van der Waals surface area contributed by atoms with E-state index in [1.165, 1.54) is 0 Å². The molecule has 1 atom stereocenters. The van der Waals surface area contributed by atoms with Crippen LogP contribution in [0.4, 0.5) is 0 Å². The summed E-state index contributed by atoms with van der Waals surface area (Å²) in [6.45, 7) is 1.67. The van der Waals surface area contributed by atoms with Crippen LogP contribution in [0.15, 0.2) is 24.3 Å². The lowest BCUT2D eigenvalue weighted by Gasteiger charge is -2.27. The summed E-state index contributed by atoms with van der Waals surface area (Å²) in [6, 6.07) is 7.76. The molecule has 2 N–H and O–H groups in total. The van der Waals surface area contributed by atoms with Gasteiger partial charge in [0.05, 0.1) is 5.60 Å². The van der Waals surface area contributed by atoms with E-state index in [1.807, 2.05) is 24.3 Å². The van der Waals surface area contributed by atoms with Gasteiger partial charge in [-0.1, -0.05) is 29.8 Å².